The quantitative estimate of drug-likeness (QED) is 0.0625. The van der Waals surface area contributed by atoms with Gasteiger partial charge < -0.3 is 18.9 Å². The van der Waals surface area contributed by atoms with Gasteiger partial charge in [-0.3, -0.25) is 0 Å². The molecule has 4 aliphatic carbocycles. The van der Waals surface area contributed by atoms with Crippen LogP contribution in [-0.2, 0) is 19.0 Å². The molecule has 0 spiro atoms. The monoisotopic (exact) mass is 693 g/mol. The van der Waals surface area contributed by atoms with Crippen LogP contribution in [0.3, 0.4) is 0 Å². The molecule has 282 valence electrons. The zero-order valence-electron chi connectivity index (χ0n) is 33.6. The van der Waals surface area contributed by atoms with E-state index in [-0.39, 0.29) is 45.6 Å². The summed E-state index contributed by atoms with van der Waals surface area (Å²) in [5, 5.41) is 0. The molecule has 1 aromatic carbocycles. The van der Waals surface area contributed by atoms with E-state index in [2.05, 4.69) is 55.4 Å². The molecule has 4 fully saturated rings. The summed E-state index contributed by atoms with van der Waals surface area (Å²) in [4.78, 5) is 14.8. The molecule has 50 heavy (non-hydrogen) atoms. The summed E-state index contributed by atoms with van der Waals surface area (Å²) in [6, 6.07) is 9.92. The Labute approximate surface area is 306 Å². The average molecular weight is 693 g/mol. The van der Waals surface area contributed by atoms with E-state index in [0.29, 0.717) is 37.4 Å². The first-order valence-corrected chi connectivity index (χ1v) is 20.5. The minimum absolute atomic E-state index is 0.0990. The number of carbonyl (C=O) groups excluding carboxylic acids is 1. The minimum Gasteiger partial charge on any atom is -0.487 e. The lowest BCUT2D eigenvalue weighted by molar-refractivity contribution is -0.147. The van der Waals surface area contributed by atoms with Crippen molar-refractivity contribution in [2.24, 2.45) is 51.2 Å². The standard InChI is InChI=1S/C45H72O5/c1-11-47-30-38(32(4)49-35-21-17-15-18-22-35)50-40(41(46)48-27-19-14-12-13-16-20-31(2)3)39(36-28-33-23-25-44(36,9)42(33,5)6)37-29-34-24-26-45(37,10)43(34,7)8/h15,17-18,21-22,31-34,36-38H,11-14,16,19-20,23-30H2,1-10H3. The van der Waals surface area contributed by atoms with Crippen LogP contribution < -0.4 is 4.74 Å². The van der Waals surface area contributed by atoms with Gasteiger partial charge in [0.25, 0.3) is 0 Å². The molecule has 4 bridgehead atoms. The van der Waals surface area contributed by atoms with Crippen LogP contribution in [0.15, 0.2) is 41.7 Å². The second-order valence-electron chi connectivity index (χ2n) is 18.6. The predicted molar refractivity (Wildman–Crippen MR) is 204 cm³/mol. The van der Waals surface area contributed by atoms with Crippen LogP contribution in [-0.4, -0.2) is 38.0 Å². The smallest absolute Gasteiger partial charge is 0.373 e. The highest BCUT2D eigenvalue weighted by Crippen LogP contribution is 2.75. The van der Waals surface area contributed by atoms with Gasteiger partial charge in [0, 0.05) is 6.61 Å². The van der Waals surface area contributed by atoms with E-state index < -0.39 is 6.10 Å². The van der Waals surface area contributed by atoms with E-state index in [1.54, 1.807) is 0 Å². The maximum Gasteiger partial charge on any atom is 0.373 e. The minimum atomic E-state index is -0.465. The fourth-order valence-electron chi connectivity index (χ4n) is 11.0. The normalized spacial score (nSPS) is 31.5. The first-order valence-electron chi connectivity index (χ1n) is 20.5. The molecule has 5 nitrogen and oxygen atoms in total. The number of ether oxygens (including phenoxy) is 4. The Hall–Kier alpha value is -2.01. The Morgan fingerprint density at radius 2 is 1.36 bits per heavy atom. The van der Waals surface area contributed by atoms with Gasteiger partial charge >= 0.3 is 5.97 Å². The van der Waals surface area contributed by atoms with Gasteiger partial charge in [-0.05, 0) is 128 Å². The van der Waals surface area contributed by atoms with Gasteiger partial charge in [0.2, 0.25) is 5.76 Å². The molecule has 0 heterocycles. The molecule has 1 aromatic rings. The van der Waals surface area contributed by atoms with Gasteiger partial charge in [0.15, 0.2) is 6.10 Å². The topological polar surface area (TPSA) is 54.0 Å². The van der Waals surface area contributed by atoms with E-state index >= 15 is 0 Å². The molecule has 4 saturated carbocycles. The van der Waals surface area contributed by atoms with Gasteiger partial charge in [-0.1, -0.05) is 106 Å². The molecule has 0 N–H and O–H groups in total. The lowest BCUT2D eigenvalue weighted by Gasteiger charge is -2.47. The summed E-state index contributed by atoms with van der Waals surface area (Å²) in [6.07, 6.45) is 13.4. The number of para-hydroxylation sites is 1. The van der Waals surface area contributed by atoms with Crippen LogP contribution >= 0.6 is 0 Å². The SMILES string of the molecule is CCOCC(OC(C(=O)OCCCCCCCC(C)C)=C(C1CC2CCC1(C)C2(C)C)C1CC2CCC1(C)C2(C)C)C(C)Oc1ccccc1. The lowest BCUT2D eigenvalue weighted by Crippen LogP contribution is -2.42. The van der Waals surface area contributed by atoms with Crippen LogP contribution in [0.2, 0.25) is 0 Å². The number of hydrogen-bond donors (Lipinski definition) is 0. The number of benzene rings is 1. The number of esters is 1. The van der Waals surface area contributed by atoms with Crippen molar-refractivity contribution in [3.05, 3.63) is 41.7 Å². The fraction of sp³-hybridized carbons (Fsp3) is 0.800. The predicted octanol–water partition coefficient (Wildman–Crippen LogP) is 11.6. The van der Waals surface area contributed by atoms with Crippen LogP contribution in [0.4, 0.5) is 0 Å². The number of allylic oxidation sites excluding steroid dienone is 1. The Morgan fingerprint density at radius 1 is 0.800 bits per heavy atom. The van der Waals surface area contributed by atoms with Gasteiger partial charge in [0.1, 0.15) is 11.9 Å². The third kappa shape index (κ3) is 7.56. The van der Waals surface area contributed by atoms with Crippen LogP contribution in [0.25, 0.3) is 0 Å². The van der Waals surface area contributed by atoms with E-state index in [9.17, 15) is 4.79 Å². The summed E-state index contributed by atoms with van der Waals surface area (Å²) in [5.41, 5.74) is 1.88. The molecule has 0 amide bonds. The van der Waals surface area contributed by atoms with E-state index in [4.69, 9.17) is 18.9 Å². The number of rotatable bonds is 19. The summed E-state index contributed by atoms with van der Waals surface area (Å²) >= 11 is 0. The van der Waals surface area contributed by atoms with Crippen molar-refractivity contribution in [3.8, 4) is 5.75 Å². The molecule has 8 atom stereocenters. The highest BCUT2D eigenvalue weighted by atomic mass is 16.6. The third-order valence-corrected chi connectivity index (χ3v) is 15.3. The highest BCUT2D eigenvalue weighted by molar-refractivity contribution is 5.87. The van der Waals surface area contributed by atoms with E-state index in [1.807, 2.05) is 44.2 Å². The Kier molecular flexibility index (Phi) is 12.5. The second kappa shape index (κ2) is 15.9. The Balaban J connectivity index is 1.51. The molecule has 5 heteroatoms. The molecular formula is C45H72O5. The van der Waals surface area contributed by atoms with Crippen molar-refractivity contribution in [2.45, 2.75) is 158 Å². The summed E-state index contributed by atoms with van der Waals surface area (Å²) in [5.74, 6) is 3.63. The fourth-order valence-corrected chi connectivity index (χ4v) is 11.0. The first-order chi connectivity index (χ1) is 23.7. The van der Waals surface area contributed by atoms with E-state index in [0.717, 1.165) is 37.4 Å². The van der Waals surface area contributed by atoms with Crippen molar-refractivity contribution in [3.63, 3.8) is 0 Å². The number of carbonyl (C=O) groups is 1. The van der Waals surface area contributed by atoms with Crippen molar-refractivity contribution in [1.29, 1.82) is 0 Å². The lowest BCUT2D eigenvalue weighted by atomic mass is 9.58. The average Bonchev–Trinajstić information content (AvgIpc) is 3.60. The van der Waals surface area contributed by atoms with E-state index in [1.165, 1.54) is 56.9 Å². The zero-order valence-corrected chi connectivity index (χ0v) is 33.6. The number of fused-ring (bicyclic) bond motifs is 4. The Bertz CT molecular complexity index is 1250. The summed E-state index contributed by atoms with van der Waals surface area (Å²) < 4.78 is 26.0. The molecule has 0 saturated heterocycles. The van der Waals surface area contributed by atoms with Crippen molar-refractivity contribution >= 4 is 5.97 Å². The van der Waals surface area contributed by atoms with Gasteiger partial charge in [-0.2, -0.15) is 0 Å². The van der Waals surface area contributed by atoms with Gasteiger partial charge in [0.05, 0.1) is 13.2 Å². The molecule has 0 aliphatic heterocycles. The first kappa shape index (κ1) is 39.2. The van der Waals surface area contributed by atoms with Gasteiger partial charge in [-0.25, -0.2) is 4.79 Å². The van der Waals surface area contributed by atoms with Crippen molar-refractivity contribution in [2.75, 3.05) is 19.8 Å². The molecule has 0 radical (unpaired) electrons. The molecule has 4 aliphatic rings. The largest absolute Gasteiger partial charge is 0.487 e. The van der Waals surface area contributed by atoms with Crippen LogP contribution in [0, 0.1) is 51.2 Å². The summed E-state index contributed by atoms with van der Waals surface area (Å²) in [7, 11) is 0. The Morgan fingerprint density at radius 3 is 1.86 bits per heavy atom. The maximum atomic E-state index is 14.8. The van der Waals surface area contributed by atoms with Crippen LogP contribution in [0.5, 0.6) is 5.75 Å². The van der Waals surface area contributed by atoms with Crippen molar-refractivity contribution < 1.29 is 23.7 Å². The maximum absolute atomic E-state index is 14.8. The number of unbranched alkanes of at least 4 members (excludes halogenated alkanes) is 4. The summed E-state index contributed by atoms with van der Waals surface area (Å²) in [6.45, 7) is 25.0. The number of hydrogen-bond acceptors (Lipinski definition) is 5. The highest BCUT2D eigenvalue weighted by Gasteiger charge is 2.68. The van der Waals surface area contributed by atoms with Crippen LogP contribution in [0.1, 0.15) is 146 Å². The second-order valence-corrected chi connectivity index (χ2v) is 18.6. The third-order valence-electron chi connectivity index (χ3n) is 15.3. The molecular weight excluding hydrogens is 620 g/mol. The molecule has 0 aromatic heterocycles. The zero-order chi connectivity index (χ0) is 36.3. The van der Waals surface area contributed by atoms with Gasteiger partial charge in [-0.15, -0.1) is 0 Å². The molecule has 5 rings (SSSR count). The van der Waals surface area contributed by atoms with Crippen molar-refractivity contribution in [1.82, 2.24) is 0 Å². The molecule has 8 unspecified atom stereocenters.